The van der Waals surface area contributed by atoms with Gasteiger partial charge in [-0.3, -0.25) is 0 Å². The van der Waals surface area contributed by atoms with E-state index in [2.05, 4.69) is 9.97 Å². The minimum Gasteiger partial charge on any atom is -0.477 e. The lowest BCUT2D eigenvalue weighted by Crippen LogP contribution is -2.36. The molecule has 0 saturated carbocycles. The molecule has 3 heterocycles. The third-order valence-corrected chi connectivity index (χ3v) is 4.27. The number of aromatic carboxylic acids is 1. The second-order valence-corrected chi connectivity index (χ2v) is 6.06. The van der Waals surface area contributed by atoms with Gasteiger partial charge in [-0.25, -0.2) is 14.8 Å². The molecular formula is C16H17F3N4O2. The summed E-state index contributed by atoms with van der Waals surface area (Å²) in [5, 5.41) is 9.05. The number of hydrogen-bond donors (Lipinski definition) is 1. The van der Waals surface area contributed by atoms with Crippen LogP contribution in [0.5, 0.6) is 0 Å². The zero-order chi connectivity index (χ0) is 18.2. The van der Waals surface area contributed by atoms with Gasteiger partial charge in [-0.15, -0.1) is 0 Å². The largest absolute Gasteiger partial charge is 0.477 e. The first-order valence-electron chi connectivity index (χ1n) is 7.81. The number of alkyl halides is 3. The highest BCUT2D eigenvalue weighted by Crippen LogP contribution is 2.33. The van der Waals surface area contributed by atoms with Crippen LogP contribution < -0.4 is 4.90 Å². The Labute approximate surface area is 141 Å². The van der Waals surface area contributed by atoms with E-state index in [4.69, 9.17) is 5.11 Å². The minimum absolute atomic E-state index is 0.0593. The van der Waals surface area contributed by atoms with Crippen molar-refractivity contribution < 1.29 is 23.1 Å². The molecule has 1 aliphatic heterocycles. The molecule has 1 unspecified atom stereocenters. The maximum Gasteiger partial charge on any atom is 0.434 e. The van der Waals surface area contributed by atoms with Gasteiger partial charge >= 0.3 is 12.1 Å². The Morgan fingerprint density at radius 2 is 2.08 bits per heavy atom. The summed E-state index contributed by atoms with van der Waals surface area (Å²) in [5.41, 5.74) is -0.955. The second-order valence-electron chi connectivity index (χ2n) is 6.06. The molecule has 0 bridgehead atoms. The fraction of sp³-hybridized carbons (Fsp3) is 0.438. The van der Waals surface area contributed by atoms with E-state index >= 15 is 0 Å². The van der Waals surface area contributed by atoms with Crippen LogP contribution in [0.2, 0.25) is 0 Å². The Bertz CT molecular complexity index is 788. The van der Waals surface area contributed by atoms with Crippen LogP contribution in [0.25, 0.3) is 0 Å². The van der Waals surface area contributed by atoms with Crippen molar-refractivity contribution in [2.75, 3.05) is 18.0 Å². The molecule has 3 rings (SSSR count). The number of anilines is 1. The van der Waals surface area contributed by atoms with Crippen LogP contribution in [0.4, 0.5) is 19.0 Å². The van der Waals surface area contributed by atoms with E-state index in [1.165, 1.54) is 10.6 Å². The molecule has 2 aromatic heterocycles. The fourth-order valence-corrected chi connectivity index (χ4v) is 3.11. The van der Waals surface area contributed by atoms with Crippen LogP contribution >= 0.6 is 0 Å². The third-order valence-electron chi connectivity index (χ3n) is 4.27. The summed E-state index contributed by atoms with van der Waals surface area (Å²) in [6, 6.07) is 4.72. The maximum atomic E-state index is 12.9. The number of piperidine rings is 1. The van der Waals surface area contributed by atoms with Crippen LogP contribution in [0.3, 0.4) is 0 Å². The highest BCUT2D eigenvalue weighted by atomic mass is 19.4. The number of carbonyl (C=O) groups is 1. The van der Waals surface area contributed by atoms with E-state index in [1.54, 1.807) is 19.2 Å². The van der Waals surface area contributed by atoms with Crippen molar-refractivity contribution in [2.24, 2.45) is 7.05 Å². The zero-order valence-electron chi connectivity index (χ0n) is 13.5. The van der Waals surface area contributed by atoms with Crippen molar-refractivity contribution in [3.8, 4) is 0 Å². The third kappa shape index (κ3) is 3.59. The second kappa shape index (κ2) is 6.38. The normalized spacial score (nSPS) is 18.4. The molecular weight excluding hydrogens is 337 g/mol. The Balaban J connectivity index is 1.83. The van der Waals surface area contributed by atoms with Crippen LogP contribution in [0.1, 0.15) is 40.8 Å². The molecule has 25 heavy (non-hydrogen) atoms. The first-order chi connectivity index (χ1) is 11.8. The van der Waals surface area contributed by atoms with Gasteiger partial charge in [0.1, 0.15) is 11.6 Å². The molecule has 1 aliphatic rings. The Hall–Kier alpha value is -2.58. The summed E-state index contributed by atoms with van der Waals surface area (Å²) in [4.78, 5) is 20.8. The van der Waals surface area contributed by atoms with Crippen molar-refractivity contribution in [1.82, 2.24) is 14.5 Å². The summed E-state index contributed by atoms with van der Waals surface area (Å²) in [7, 11) is 1.56. The molecule has 1 N–H and O–H groups in total. The van der Waals surface area contributed by atoms with E-state index in [9.17, 15) is 18.0 Å². The lowest BCUT2D eigenvalue weighted by Gasteiger charge is -2.33. The SMILES string of the molecule is Cn1cc(C(F)(F)F)nc1C1CCCN(c2cccc(C(=O)O)n2)C1. The standard InChI is InChI=1S/C16H17F3N4O2/c1-22-9-12(16(17,18)19)21-14(22)10-4-3-7-23(8-10)13-6-2-5-11(20-13)15(24)25/h2,5-6,9-10H,3-4,7-8H2,1H3,(H,24,25). The average Bonchev–Trinajstić information content (AvgIpc) is 2.97. The zero-order valence-corrected chi connectivity index (χ0v) is 13.5. The van der Waals surface area contributed by atoms with E-state index in [0.29, 0.717) is 24.7 Å². The van der Waals surface area contributed by atoms with Crippen molar-refractivity contribution in [3.63, 3.8) is 0 Å². The van der Waals surface area contributed by atoms with Gasteiger partial charge in [0.2, 0.25) is 0 Å². The van der Waals surface area contributed by atoms with Crippen LogP contribution in [0.15, 0.2) is 24.4 Å². The van der Waals surface area contributed by atoms with Crippen LogP contribution in [-0.4, -0.2) is 38.7 Å². The number of aryl methyl sites for hydroxylation is 1. The van der Waals surface area contributed by atoms with Crippen molar-refractivity contribution in [3.05, 3.63) is 41.6 Å². The fourth-order valence-electron chi connectivity index (χ4n) is 3.11. The topological polar surface area (TPSA) is 71.2 Å². The van der Waals surface area contributed by atoms with E-state index < -0.39 is 17.8 Å². The molecule has 1 saturated heterocycles. The van der Waals surface area contributed by atoms with Gasteiger partial charge in [-0.05, 0) is 25.0 Å². The smallest absolute Gasteiger partial charge is 0.434 e. The molecule has 0 amide bonds. The molecule has 1 fully saturated rings. The highest BCUT2D eigenvalue weighted by molar-refractivity contribution is 5.85. The molecule has 0 spiro atoms. The van der Waals surface area contributed by atoms with Gasteiger partial charge in [0.15, 0.2) is 11.4 Å². The predicted molar refractivity (Wildman–Crippen MR) is 83.6 cm³/mol. The molecule has 9 heteroatoms. The number of pyridine rings is 1. The van der Waals surface area contributed by atoms with Crippen LogP contribution in [-0.2, 0) is 13.2 Å². The van der Waals surface area contributed by atoms with E-state index in [0.717, 1.165) is 19.0 Å². The van der Waals surface area contributed by atoms with E-state index in [-0.39, 0.29) is 11.6 Å². The summed E-state index contributed by atoms with van der Waals surface area (Å²) in [6.45, 7) is 1.11. The predicted octanol–water partition coefficient (Wildman–Crippen LogP) is 2.92. The summed E-state index contributed by atoms with van der Waals surface area (Å²) >= 11 is 0. The van der Waals surface area contributed by atoms with Crippen molar-refractivity contribution >= 4 is 11.8 Å². The maximum absolute atomic E-state index is 12.9. The van der Waals surface area contributed by atoms with Gasteiger partial charge in [-0.1, -0.05) is 6.07 Å². The summed E-state index contributed by atoms with van der Waals surface area (Å²) < 4.78 is 40.0. The molecule has 0 aromatic carbocycles. The monoisotopic (exact) mass is 354 g/mol. The van der Waals surface area contributed by atoms with Crippen molar-refractivity contribution in [2.45, 2.75) is 24.9 Å². The Morgan fingerprint density at radius 1 is 1.32 bits per heavy atom. The van der Waals surface area contributed by atoms with Crippen molar-refractivity contribution in [1.29, 1.82) is 0 Å². The van der Waals surface area contributed by atoms with Gasteiger partial charge in [0.25, 0.3) is 0 Å². The first-order valence-corrected chi connectivity index (χ1v) is 7.81. The van der Waals surface area contributed by atoms with Crippen LogP contribution in [0, 0.1) is 0 Å². The molecule has 0 aliphatic carbocycles. The van der Waals surface area contributed by atoms with Gasteiger partial charge in [0, 0.05) is 32.3 Å². The molecule has 134 valence electrons. The van der Waals surface area contributed by atoms with Gasteiger partial charge < -0.3 is 14.6 Å². The number of halogens is 3. The van der Waals surface area contributed by atoms with Gasteiger partial charge in [-0.2, -0.15) is 13.2 Å². The molecule has 0 radical (unpaired) electrons. The lowest BCUT2D eigenvalue weighted by molar-refractivity contribution is -0.141. The number of carboxylic acid groups (broad SMARTS) is 1. The minimum atomic E-state index is -4.47. The number of imidazole rings is 1. The number of carboxylic acids is 1. The number of rotatable bonds is 3. The number of hydrogen-bond acceptors (Lipinski definition) is 4. The lowest BCUT2D eigenvalue weighted by atomic mass is 9.97. The highest BCUT2D eigenvalue weighted by Gasteiger charge is 2.36. The Kier molecular flexibility index (Phi) is 4.40. The molecule has 2 aromatic rings. The molecule has 1 atom stereocenters. The van der Waals surface area contributed by atoms with Gasteiger partial charge in [0.05, 0.1) is 0 Å². The number of aromatic nitrogens is 3. The first kappa shape index (κ1) is 17.2. The quantitative estimate of drug-likeness (QED) is 0.918. The van der Waals surface area contributed by atoms with E-state index in [1.807, 2.05) is 4.90 Å². The molecule has 6 nitrogen and oxygen atoms in total. The summed E-state index contributed by atoms with van der Waals surface area (Å²) in [6.07, 6.45) is -1.99. The Morgan fingerprint density at radius 3 is 2.72 bits per heavy atom. The average molecular weight is 354 g/mol. The number of nitrogens with zero attached hydrogens (tertiary/aromatic N) is 4. The summed E-state index contributed by atoms with van der Waals surface area (Å²) in [5.74, 6) is -0.402.